The highest BCUT2D eigenvalue weighted by atomic mass is 32.2. The molecule has 6 N–H and O–H groups in total. The lowest BCUT2D eigenvalue weighted by Crippen LogP contribution is -2.36. The number of nitrogens with zero attached hydrogens (tertiary/aromatic N) is 1. The zero-order valence-electron chi connectivity index (χ0n) is 10.4. The molecule has 1 aromatic rings. The minimum Gasteiger partial charge on any atom is -0.397 e. The van der Waals surface area contributed by atoms with E-state index in [4.69, 9.17) is 11.5 Å². The van der Waals surface area contributed by atoms with Gasteiger partial charge in [-0.25, -0.2) is 4.98 Å². The molecule has 0 aromatic carbocycles. The van der Waals surface area contributed by atoms with Gasteiger partial charge in [0, 0.05) is 12.3 Å². The lowest BCUT2D eigenvalue weighted by molar-refractivity contribution is 0.0979. The molecule has 18 heavy (non-hydrogen) atoms. The lowest BCUT2D eigenvalue weighted by atomic mass is 10.1. The molecule has 6 nitrogen and oxygen atoms in total. The number of hydrogen-bond acceptors (Lipinski definition) is 6. The predicted octanol–water partition coefficient (Wildman–Crippen LogP) is 0.289. The van der Waals surface area contributed by atoms with Gasteiger partial charge < -0.3 is 21.9 Å². The Balaban J connectivity index is 2.82. The summed E-state index contributed by atoms with van der Waals surface area (Å²) in [4.78, 5) is 15.3. The summed E-state index contributed by atoms with van der Waals surface area (Å²) in [6.45, 7) is 1.97. The Morgan fingerprint density at radius 3 is 2.89 bits per heavy atom. The Hall–Kier alpha value is -1.47. The van der Waals surface area contributed by atoms with E-state index in [9.17, 15) is 9.90 Å². The maximum Gasteiger partial charge on any atom is 0.252 e. The normalized spacial score (nSPS) is 13.9. The van der Waals surface area contributed by atoms with Crippen molar-refractivity contribution < 1.29 is 9.90 Å². The molecule has 0 radical (unpaired) electrons. The standard InChI is InChI=1S/C11H18N4O2S/c1-11(17,6-18-2)5-15-10-8(9(13)16)3-7(12)4-14-10/h3-4,17H,5-6,12H2,1-2H3,(H2,13,16)(H,14,15). The average molecular weight is 270 g/mol. The second-order valence-corrected chi connectivity index (χ2v) is 5.18. The Labute approximate surface area is 110 Å². The van der Waals surface area contributed by atoms with Crippen molar-refractivity contribution in [1.82, 2.24) is 4.98 Å². The molecule has 1 rings (SSSR count). The maximum atomic E-state index is 11.2. The molecular weight excluding hydrogens is 252 g/mol. The fraction of sp³-hybridized carbons (Fsp3) is 0.455. The average Bonchev–Trinajstić information content (AvgIpc) is 2.27. The molecule has 0 aliphatic rings. The van der Waals surface area contributed by atoms with Gasteiger partial charge in [-0.1, -0.05) is 0 Å². The van der Waals surface area contributed by atoms with Crippen molar-refractivity contribution in [2.75, 3.05) is 29.6 Å². The molecule has 1 heterocycles. The van der Waals surface area contributed by atoms with Crippen molar-refractivity contribution >= 4 is 29.2 Å². The van der Waals surface area contributed by atoms with E-state index in [1.807, 2.05) is 6.26 Å². The number of carbonyl (C=O) groups excluding carboxylic acids is 1. The first-order chi connectivity index (χ1) is 8.35. The zero-order chi connectivity index (χ0) is 13.8. The summed E-state index contributed by atoms with van der Waals surface area (Å²) in [5, 5.41) is 12.9. The molecule has 1 amide bonds. The van der Waals surface area contributed by atoms with Crippen LogP contribution < -0.4 is 16.8 Å². The second-order valence-electron chi connectivity index (χ2n) is 4.31. The molecule has 0 spiro atoms. The minimum absolute atomic E-state index is 0.218. The first-order valence-electron chi connectivity index (χ1n) is 5.36. The summed E-state index contributed by atoms with van der Waals surface area (Å²) >= 11 is 1.53. The molecule has 1 atom stereocenters. The number of rotatable bonds is 6. The van der Waals surface area contributed by atoms with E-state index >= 15 is 0 Å². The highest BCUT2D eigenvalue weighted by molar-refractivity contribution is 7.98. The highest BCUT2D eigenvalue weighted by Crippen LogP contribution is 2.17. The van der Waals surface area contributed by atoms with Crippen LogP contribution in [0.2, 0.25) is 0 Å². The van der Waals surface area contributed by atoms with E-state index in [1.54, 1.807) is 6.92 Å². The second kappa shape index (κ2) is 5.92. The monoisotopic (exact) mass is 270 g/mol. The van der Waals surface area contributed by atoms with Crippen LogP contribution in [0, 0.1) is 0 Å². The lowest BCUT2D eigenvalue weighted by Gasteiger charge is -2.23. The van der Waals surface area contributed by atoms with Crippen molar-refractivity contribution in [1.29, 1.82) is 0 Å². The van der Waals surface area contributed by atoms with Crippen molar-refractivity contribution in [3.05, 3.63) is 17.8 Å². The quantitative estimate of drug-likeness (QED) is 0.590. The van der Waals surface area contributed by atoms with E-state index < -0.39 is 11.5 Å². The van der Waals surface area contributed by atoms with Crippen LogP contribution >= 0.6 is 11.8 Å². The summed E-state index contributed by atoms with van der Waals surface area (Å²) in [6.07, 6.45) is 3.34. The van der Waals surface area contributed by atoms with Gasteiger partial charge in [0.25, 0.3) is 5.91 Å². The minimum atomic E-state index is -0.891. The number of nitrogen functional groups attached to an aromatic ring is 1. The molecule has 1 unspecified atom stereocenters. The first-order valence-corrected chi connectivity index (χ1v) is 6.75. The summed E-state index contributed by atoms with van der Waals surface area (Å²) < 4.78 is 0. The van der Waals surface area contributed by atoms with Crippen molar-refractivity contribution in [3.63, 3.8) is 0 Å². The number of aliphatic hydroxyl groups is 1. The van der Waals surface area contributed by atoms with Crippen molar-refractivity contribution in [2.45, 2.75) is 12.5 Å². The Bertz CT molecular complexity index is 437. The van der Waals surface area contributed by atoms with Crippen LogP contribution in [0.4, 0.5) is 11.5 Å². The number of thioether (sulfide) groups is 1. The third-order valence-electron chi connectivity index (χ3n) is 2.27. The molecule has 0 fully saturated rings. The molecule has 0 saturated carbocycles. The van der Waals surface area contributed by atoms with E-state index in [2.05, 4.69) is 10.3 Å². The Morgan fingerprint density at radius 2 is 2.33 bits per heavy atom. The van der Waals surface area contributed by atoms with E-state index in [0.717, 1.165) is 0 Å². The molecule has 0 aliphatic heterocycles. The summed E-state index contributed by atoms with van der Waals surface area (Å²) in [5.74, 6) is 0.292. The molecule has 7 heteroatoms. The molecule has 0 bridgehead atoms. The largest absolute Gasteiger partial charge is 0.397 e. The zero-order valence-corrected chi connectivity index (χ0v) is 11.3. The fourth-order valence-electron chi connectivity index (χ4n) is 1.45. The van der Waals surface area contributed by atoms with Gasteiger partial charge in [-0.3, -0.25) is 4.79 Å². The van der Waals surface area contributed by atoms with E-state index in [0.29, 0.717) is 17.3 Å². The number of nitrogens with one attached hydrogen (secondary N) is 1. The van der Waals surface area contributed by atoms with Gasteiger partial charge in [0.15, 0.2) is 0 Å². The number of hydrogen-bond donors (Lipinski definition) is 4. The van der Waals surface area contributed by atoms with E-state index in [-0.39, 0.29) is 12.1 Å². The first kappa shape index (κ1) is 14.6. The highest BCUT2D eigenvalue weighted by Gasteiger charge is 2.20. The third kappa shape index (κ3) is 4.08. The van der Waals surface area contributed by atoms with Gasteiger partial charge in [-0.15, -0.1) is 0 Å². The van der Waals surface area contributed by atoms with Gasteiger partial charge in [-0.05, 0) is 19.2 Å². The van der Waals surface area contributed by atoms with Gasteiger partial charge in [0.05, 0.1) is 23.0 Å². The number of amides is 1. The van der Waals surface area contributed by atoms with Crippen LogP contribution in [0.25, 0.3) is 0 Å². The molecule has 0 saturated heterocycles. The van der Waals surface area contributed by atoms with Crippen molar-refractivity contribution in [3.8, 4) is 0 Å². The van der Waals surface area contributed by atoms with Crippen LogP contribution in [0.5, 0.6) is 0 Å². The SMILES string of the molecule is CSCC(C)(O)CNc1ncc(N)cc1C(N)=O. The number of primary amides is 1. The molecule has 1 aromatic heterocycles. The van der Waals surface area contributed by atoms with Crippen LogP contribution in [-0.4, -0.2) is 40.2 Å². The topological polar surface area (TPSA) is 114 Å². The predicted molar refractivity (Wildman–Crippen MR) is 74.7 cm³/mol. The van der Waals surface area contributed by atoms with Gasteiger partial charge in [-0.2, -0.15) is 11.8 Å². The van der Waals surface area contributed by atoms with Gasteiger partial charge in [0.2, 0.25) is 0 Å². The number of aromatic nitrogens is 1. The summed E-state index contributed by atoms with van der Waals surface area (Å²) in [5.41, 5.74) is 10.5. The number of pyridine rings is 1. The van der Waals surface area contributed by atoms with E-state index in [1.165, 1.54) is 24.0 Å². The summed E-state index contributed by atoms with van der Waals surface area (Å²) in [6, 6.07) is 1.46. The third-order valence-corrected chi connectivity index (χ3v) is 3.18. The molecular formula is C11H18N4O2S. The molecule has 0 aliphatic carbocycles. The smallest absolute Gasteiger partial charge is 0.252 e. The maximum absolute atomic E-state index is 11.2. The fourth-order valence-corrected chi connectivity index (χ4v) is 2.17. The van der Waals surface area contributed by atoms with Gasteiger partial charge >= 0.3 is 0 Å². The number of anilines is 2. The summed E-state index contributed by atoms with van der Waals surface area (Å²) in [7, 11) is 0. The molecule has 100 valence electrons. The van der Waals surface area contributed by atoms with Crippen LogP contribution in [-0.2, 0) is 0 Å². The van der Waals surface area contributed by atoms with Crippen LogP contribution in [0.15, 0.2) is 12.3 Å². The Kier molecular flexibility index (Phi) is 4.80. The number of nitrogens with two attached hydrogens (primary N) is 2. The van der Waals surface area contributed by atoms with Gasteiger partial charge in [0.1, 0.15) is 5.82 Å². The van der Waals surface area contributed by atoms with Crippen LogP contribution in [0.3, 0.4) is 0 Å². The van der Waals surface area contributed by atoms with Crippen molar-refractivity contribution in [2.24, 2.45) is 5.73 Å². The van der Waals surface area contributed by atoms with Crippen LogP contribution in [0.1, 0.15) is 17.3 Å². The number of carbonyl (C=O) groups is 1. The Morgan fingerprint density at radius 1 is 1.67 bits per heavy atom.